The third-order valence-electron chi connectivity index (χ3n) is 3.16. The lowest BCUT2D eigenvalue weighted by molar-refractivity contribution is 0.201. The summed E-state index contributed by atoms with van der Waals surface area (Å²) in [4.78, 5) is 0. The zero-order chi connectivity index (χ0) is 13.0. The number of oxime groups is 1. The third kappa shape index (κ3) is 3.67. The molecule has 1 aromatic carbocycles. The predicted octanol–water partition coefficient (Wildman–Crippen LogP) is 2.53. The van der Waals surface area contributed by atoms with Gasteiger partial charge in [-0.05, 0) is 43.9 Å². The van der Waals surface area contributed by atoms with Gasteiger partial charge < -0.3 is 20.4 Å². The molecule has 106 valence electrons. The number of hydrogen-bond donors (Lipinski definition) is 2. The molecule has 0 aromatic heterocycles. The van der Waals surface area contributed by atoms with Crippen molar-refractivity contribution in [3.63, 3.8) is 0 Å². The minimum absolute atomic E-state index is 0. The van der Waals surface area contributed by atoms with Crippen molar-refractivity contribution in [3.05, 3.63) is 23.8 Å². The summed E-state index contributed by atoms with van der Waals surface area (Å²) in [6.45, 7) is 0. The van der Waals surface area contributed by atoms with Crippen LogP contribution in [0.25, 0.3) is 0 Å². The molecule has 0 amide bonds. The van der Waals surface area contributed by atoms with E-state index >= 15 is 0 Å². The first-order valence-electron chi connectivity index (χ1n) is 6.07. The molecule has 6 heteroatoms. The van der Waals surface area contributed by atoms with E-state index < -0.39 is 0 Å². The van der Waals surface area contributed by atoms with Crippen molar-refractivity contribution in [2.45, 2.75) is 31.8 Å². The molecule has 1 aliphatic carbocycles. The number of halogens is 1. The van der Waals surface area contributed by atoms with Crippen LogP contribution in [0.3, 0.4) is 0 Å². The van der Waals surface area contributed by atoms with Crippen LogP contribution < -0.4 is 15.2 Å². The maximum absolute atomic E-state index is 8.68. The van der Waals surface area contributed by atoms with Crippen molar-refractivity contribution < 1.29 is 14.7 Å². The number of rotatable bonds is 4. The topological polar surface area (TPSA) is 77.1 Å². The Labute approximate surface area is 118 Å². The molecule has 0 bridgehead atoms. The van der Waals surface area contributed by atoms with Crippen molar-refractivity contribution in [2.24, 2.45) is 10.9 Å². The largest absolute Gasteiger partial charge is 0.493 e. The van der Waals surface area contributed by atoms with E-state index in [2.05, 4.69) is 5.16 Å². The molecule has 0 aliphatic heterocycles. The monoisotopic (exact) mass is 286 g/mol. The van der Waals surface area contributed by atoms with E-state index in [0.717, 1.165) is 12.8 Å². The molecule has 1 saturated carbocycles. The highest BCUT2D eigenvalue weighted by molar-refractivity contribution is 5.97. The summed E-state index contributed by atoms with van der Waals surface area (Å²) in [5.41, 5.74) is 6.18. The van der Waals surface area contributed by atoms with Crippen molar-refractivity contribution >= 4 is 18.2 Å². The number of hydrogen-bond acceptors (Lipinski definition) is 4. The van der Waals surface area contributed by atoms with E-state index in [0.29, 0.717) is 17.1 Å². The van der Waals surface area contributed by atoms with Gasteiger partial charge in [-0.3, -0.25) is 0 Å². The lowest BCUT2D eigenvalue weighted by Crippen LogP contribution is -2.15. The molecule has 1 aliphatic rings. The molecule has 2 rings (SSSR count). The maximum Gasteiger partial charge on any atom is 0.170 e. The molecular formula is C13H19ClN2O3. The normalized spacial score (nSPS) is 15.9. The van der Waals surface area contributed by atoms with Gasteiger partial charge in [-0.15, -0.1) is 12.4 Å². The van der Waals surface area contributed by atoms with Crippen LogP contribution in [0.5, 0.6) is 11.5 Å². The average molecular weight is 287 g/mol. The van der Waals surface area contributed by atoms with Crippen LogP contribution in [0.1, 0.15) is 31.2 Å². The fraction of sp³-hybridized carbons (Fsp3) is 0.462. The third-order valence-corrected chi connectivity index (χ3v) is 3.16. The number of nitrogens with two attached hydrogens (primary N) is 1. The first-order valence-corrected chi connectivity index (χ1v) is 6.07. The maximum atomic E-state index is 8.68. The van der Waals surface area contributed by atoms with Gasteiger partial charge in [0.25, 0.3) is 0 Å². The Balaban J connectivity index is 0.00000180. The summed E-state index contributed by atoms with van der Waals surface area (Å²) in [5.74, 6) is 1.37. The second-order valence-corrected chi connectivity index (χ2v) is 4.38. The minimum Gasteiger partial charge on any atom is -0.493 e. The molecular weight excluding hydrogens is 268 g/mol. The zero-order valence-electron chi connectivity index (χ0n) is 10.8. The van der Waals surface area contributed by atoms with E-state index in [9.17, 15) is 0 Å². The summed E-state index contributed by atoms with van der Waals surface area (Å²) in [6.07, 6.45) is 4.77. The Morgan fingerprint density at radius 1 is 1.32 bits per heavy atom. The van der Waals surface area contributed by atoms with Gasteiger partial charge in [0.15, 0.2) is 17.3 Å². The van der Waals surface area contributed by atoms with E-state index in [1.165, 1.54) is 12.8 Å². The molecule has 1 fully saturated rings. The molecule has 0 saturated heterocycles. The van der Waals surface area contributed by atoms with Crippen LogP contribution in [0.2, 0.25) is 0 Å². The first kappa shape index (κ1) is 15.4. The van der Waals surface area contributed by atoms with E-state index in [4.69, 9.17) is 20.4 Å². The fourth-order valence-electron chi connectivity index (χ4n) is 2.17. The average Bonchev–Trinajstić information content (AvgIpc) is 2.90. The second kappa shape index (κ2) is 7.09. The fourth-order valence-corrected chi connectivity index (χ4v) is 2.17. The lowest BCUT2D eigenvalue weighted by atomic mass is 10.2. The highest BCUT2D eigenvalue weighted by Crippen LogP contribution is 2.32. The summed E-state index contributed by atoms with van der Waals surface area (Å²) in [5, 5.41) is 11.7. The van der Waals surface area contributed by atoms with Crippen molar-refractivity contribution in [2.75, 3.05) is 7.11 Å². The van der Waals surface area contributed by atoms with Crippen LogP contribution in [0.4, 0.5) is 0 Å². The number of amidine groups is 1. The van der Waals surface area contributed by atoms with Gasteiger partial charge in [-0.25, -0.2) is 0 Å². The lowest BCUT2D eigenvalue weighted by Gasteiger charge is -2.16. The molecule has 0 atom stereocenters. The van der Waals surface area contributed by atoms with Gasteiger partial charge in [0.1, 0.15) is 0 Å². The van der Waals surface area contributed by atoms with Crippen LogP contribution in [0, 0.1) is 0 Å². The molecule has 1 aromatic rings. The Morgan fingerprint density at radius 2 is 2.00 bits per heavy atom. The first-order chi connectivity index (χ1) is 8.74. The summed E-state index contributed by atoms with van der Waals surface area (Å²) >= 11 is 0. The standard InChI is InChI=1S/C13H18N2O3.ClH/c1-17-11-7-6-9(13(14)15-16)8-12(11)18-10-4-2-3-5-10;/h6-8,10,16H,2-5H2,1H3,(H2,14,15);1H. The summed E-state index contributed by atoms with van der Waals surface area (Å²) in [6, 6.07) is 5.24. The van der Waals surface area contributed by atoms with Gasteiger partial charge in [-0.2, -0.15) is 0 Å². The molecule has 3 N–H and O–H groups in total. The Morgan fingerprint density at radius 3 is 2.58 bits per heavy atom. The summed E-state index contributed by atoms with van der Waals surface area (Å²) < 4.78 is 11.2. The second-order valence-electron chi connectivity index (χ2n) is 4.38. The van der Waals surface area contributed by atoms with Crippen LogP contribution >= 0.6 is 12.4 Å². The van der Waals surface area contributed by atoms with E-state index in [1.54, 1.807) is 25.3 Å². The van der Waals surface area contributed by atoms with E-state index in [1.807, 2.05) is 0 Å². The zero-order valence-corrected chi connectivity index (χ0v) is 11.7. The molecule has 19 heavy (non-hydrogen) atoms. The van der Waals surface area contributed by atoms with Crippen molar-refractivity contribution in [3.8, 4) is 11.5 Å². The Bertz CT molecular complexity index is 446. The highest BCUT2D eigenvalue weighted by atomic mass is 35.5. The predicted molar refractivity (Wildman–Crippen MR) is 75.6 cm³/mol. The number of benzene rings is 1. The quantitative estimate of drug-likeness (QED) is 0.386. The number of methoxy groups -OCH3 is 1. The van der Waals surface area contributed by atoms with Crippen LogP contribution in [-0.2, 0) is 0 Å². The smallest absolute Gasteiger partial charge is 0.170 e. The van der Waals surface area contributed by atoms with E-state index in [-0.39, 0.29) is 24.3 Å². The van der Waals surface area contributed by atoms with Gasteiger partial charge in [0.05, 0.1) is 13.2 Å². The van der Waals surface area contributed by atoms with Gasteiger partial charge >= 0.3 is 0 Å². The molecule has 0 heterocycles. The molecule has 0 unspecified atom stereocenters. The van der Waals surface area contributed by atoms with Crippen LogP contribution in [-0.4, -0.2) is 24.3 Å². The van der Waals surface area contributed by atoms with Gasteiger partial charge in [0, 0.05) is 5.56 Å². The van der Waals surface area contributed by atoms with Crippen molar-refractivity contribution in [1.29, 1.82) is 0 Å². The van der Waals surface area contributed by atoms with Gasteiger partial charge in [0.2, 0.25) is 0 Å². The Hall–Kier alpha value is -1.62. The van der Waals surface area contributed by atoms with Gasteiger partial charge in [-0.1, -0.05) is 5.16 Å². The number of nitrogens with zero attached hydrogens (tertiary/aromatic N) is 1. The van der Waals surface area contributed by atoms with Crippen LogP contribution in [0.15, 0.2) is 23.4 Å². The Kier molecular flexibility index (Phi) is 5.76. The molecule has 0 radical (unpaired) electrons. The minimum atomic E-state index is 0. The SMILES string of the molecule is COc1ccc(/C(N)=N/O)cc1OC1CCCC1.Cl. The summed E-state index contributed by atoms with van der Waals surface area (Å²) in [7, 11) is 1.60. The molecule has 5 nitrogen and oxygen atoms in total. The highest BCUT2D eigenvalue weighted by Gasteiger charge is 2.19. The number of ether oxygens (including phenoxy) is 2. The molecule has 0 spiro atoms. The van der Waals surface area contributed by atoms with Crippen molar-refractivity contribution in [1.82, 2.24) is 0 Å².